The summed E-state index contributed by atoms with van der Waals surface area (Å²) in [5.41, 5.74) is 0.173. The van der Waals surface area contributed by atoms with E-state index in [1.54, 1.807) is 19.1 Å². The SMILES string of the molecule is CC(C(=O)c1ccc(F)c(F)c1F)c1ccncc1. The average Bonchev–Trinajstić information content (AvgIpc) is 2.44. The lowest BCUT2D eigenvalue weighted by molar-refractivity contribution is 0.0961. The fraction of sp³-hybridized carbons (Fsp3) is 0.143. The monoisotopic (exact) mass is 265 g/mol. The number of carbonyl (C=O) groups is 1. The zero-order valence-electron chi connectivity index (χ0n) is 10.0. The number of carbonyl (C=O) groups excluding carboxylic acids is 1. The van der Waals surface area contributed by atoms with E-state index in [4.69, 9.17) is 0 Å². The average molecular weight is 265 g/mol. The van der Waals surface area contributed by atoms with Crippen molar-refractivity contribution in [2.24, 2.45) is 0 Å². The molecule has 5 heteroatoms. The van der Waals surface area contributed by atoms with Gasteiger partial charge in [-0.3, -0.25) is 9.78 Å². The van der Waals surface area contributed by atoms with Gasteiger partial charge in [0.25, 0.3) is 0 Å². The Morgan fingerprint density at radius 2 is 1.68 bits per heavy atom. The second-order valence-corrected chi connectivity index (χ2v) is 4.09. The molecular weight excluding hydrogens is 255 g/mol. The molecule has 0 aliphatic heterocycles. The van der Waals surface area contributed by atoms with Crippen LogP contribution in [0.5, 0.6) is 0 Å². The molecule has 0 spiro atoms. The molecule has 19 heavy (non-hydrogen) atoms. The summed E-state index contributed by atoms with van der Waals surface area (Å²) in [6, 6.07) is 4.92. The molecule has 1 heterocycles. The summed E-state index contributed by atoms with van der Waals surface area (Å²) >= 11 is 0. The zero-order chi connectivity index (χ0) is 14.0. The standard InChI is InChI=1S/C14H10F3NO/c1-8(9-4-6-18-7-5-9)14(19)10-2-3-11(15)13(17)12(10)16/h2-8H,1H3. The Hall–Kier alpha value is -2.17. The second-order valence-electron chi connectivity index (χ2n) is 4.09. The molecule has 0 N–H and O–H groups in total. The second kappa shape index (κ2) is 5.22. The normalized spacial score (nSPS) is 12.2. The summed E-state index contributed by atoms with van der Waals surface area (Å²) in [6.45, 7) is 1.57. The number of benzene rings is 1. The Morgan fingerprint density at radius 1 is 1.05 bits per heavy atom. The maximum atomic E-state index is 13.5. The quantitative estimate of drug-likeness (QED) is 0.628. The van der Waals surface area contributed by atoms with E-state index in [9.17, 15) is 18.0 Å². The number of ketones is 1. The fourth-order valence-electron chi connectivity index (χ4n) is 1.75. The van der Waals surface area contributed by atoms with Crippen molar-refractivity contribution in [2.45, 2.75) is 12.8 Å². The van der Waals surface area contributed by atoms with E-state index in [0.717, 1.165) is 12.1 Å². The van der Waals surface area contributed by atoms with Gasteiger partial charge in [0.1, 0.15) is 0 Å². The minimum absolute atomic E-state index is 0.455. The summed E-state index contributed by atoms with van der Waals surface area (Å²) < 4.78 is 39.5. The predicted molar refractivity (Wildman–Crippen MR) is 63.3 cm³/mol. The Kier molecular flexibility index (Phi) is 3.64. The van der Waals surface area contributed by atoms with Crippen LogP contribution in [0, 0.1) is 17.5 Å². The van der Waals surface area contributed by atoms with Crippen LogP contribution in [0.3, 0.4) is 0 Å². The van der Waals surface area contributed by atoms with Gasteiger partial charge in [-0.05, 0) is 29.8 Å². The van der Waals surface area contributed by atoms with Crippen LogP contribution < -0.4 is 0 Å². The number of nitrogens with zero attached hydrogens (tertiary/aromatic N) is 1. The predicted octanol–water partition coefficient (Wildman–Crippen LogP) is 3.49. The first-order valence-electron chi connectivity index (χ1n) is 5.60. The molecule has 0 aliphatic carbocycles. The van der Waals surface area contributed by atoms with E-state index in [-0.39, 0.29) is 0 Å². The number of hydrogen-bond acceptors (Lipinski definition) is 2. The van der Waals surface area contributed by atoms with Gasteiger partial charge in [-0.1, -0.05) is 6.92 Å². The van der Waals surface area contributed by atoms with Gasteiger partial charge in [0.15, 0.2) is 23.2 Å². The van der Waals surface area contributed by atoms with E-state index in [0.29, 0.717) is 5.56 Å². The van der Waals surface area contributed by atoms with Crippen LogP contribution in [0.25, 0.3) is 0 Å². The van der Waals surface area contributed by atoms with Crippen molar-refractivity contribution in [1.29, 1.82) is 0 Å². The molecule has 1 unspecified atom stereocenters. The Labute approximate surface area is 107 Å². The van der Waals surface area contributed by atoms with Gasteiger partial charge in [0.05, 0.1) is 5.56 Å². The van der Waals surface area contributed by atoms with Gasteiger partial charge in [-0.15, -0.1) is 0 Å². The van der Waals surface area contributed by atoms with Crippen molar-refractivity contribution < 1.29 is 18.0 Å². The van der Waals surface area contributed by atoms with E-state index >= 15 is 0 Å². The topological polar surface area (TPSA) is 30.0 Å². The van der Waals surface area contributed by atoms with E-state index in [2.05, 4.69) is 4.98 Å². The molecule has 98 valence electrons. The fourth-order valence-corrected chi connectivity index (χ4v) is 1.75. The molecule has 0 saturated heterocycles. The lowest BCUT2D eigenvalue weighted by atomic mass is 9.92. The van der Waals surface area contributed by atoms with Crippen LogP contribution in [0.4, 0.5) is 13.2 Å². The molecule has 1 aromatic heterocycles. The lowest BCUT2D eigenvalue weighted by Crippen LogP contribution is -2.13. The molecule has 2 rings (SSSR count). The summed E-state index contributed by atoms with van der Waals surface area (Å²) in [5, 5.41) is 0. The maximum absolute atomic E-state index is 13.5. The Balaban J connectivity index is 2.38. The number of Topliss-reactive ketones (excluding diaryl/α,β-unsaturated/α-hetero) is 1. The highest BCUT2D eigenvalue weighted by Crippen LogP contribution is 2.23. The van der Waals surface area contributed by atoms with Crippen LogP contribution in [0.1, 0.15) is 28.8 Å². The molecule has 0 radical (unpaired) electrons. The number of rotatable bonds is 3. The zero-order valence-corrected chi connectivity index (χ0v) is 10.0. The van der Waals surface area contributed by atoms with Crippen molar-refractivity contribution in [3.63, 3.8) is 0 Å². The van der Waals surface area contributed by atoms with Crippen LogP contribution in [-0.4, -0.2) is 10.8 Å². The number of aromatic nitrogens is 1. The van der Waals surface area contributed by atoms with Crippen molar-refractivity contribution in [3.05, 3.63) is 65.2 Å². The number of hydrogen-bond donors (Lipinski definition) is 0. The van der Waals surface area contributed by atoms with E-state index in [1.165, 1.54) is 12.4 Å². The van der Waals surface area contributed by atoms with Gasteiger partial charge in [0.2, 0.25) is 0 Å². The van der Waals surface area contributed by atoms with Crippen molar-refractivity contribution >= 4 is 5.78 Å². The van der Waals surface area contributed by atoms with Gasteiger partial charge in [0, 0.05) is 18.3 Å². The Morgan fingerprint density at radius 3 is 2.32 bits per heavy atom. The highest BCUT2D eigenvalue weighted by atomic mass is 19.2. The minimum atomic E-state index is -1.63. The smallest absolute Gasteiger partial charge is 0.195 e. The third kappa shape index (κ3) is 2.50. The van der Waals surface area contributed by atoms with Crippen molar-refractivity contribution in [1.82, 2.24) is 4.98 Å². The first-order valence-corrected chi connectivity index (χ1v) is 5.60. The van der Waals surface area contributed by atoms with Gasteiger partial charge in [-0.2, -0.15) is 0 Å². The van der Waals surface area contributed by atoms with Gasteiger partial charge >= 0.3 is 0 Å². The largest absolute Gasteiger partial charge is 0.293 e. The summed E-state index contributed by atoms with van der Waals surface area (Å²) in [5.74, 6) is -5.67. The molecule has 0 fully saturated rings. The van der Waals surface area contributed by atoms with Gasteiger partial charge < -0.3 is 0 Å². The third-order valence-electron chi connectivity index (χ3n) is 2.90. The van der Waals surface area contributed by atoms with Crippen molar-refractivity contribution in [3.8, 4) is 0 Å². The summed E-state index contributed by atoms with van der Waals surface area (Å²) in [7, 11) is 0. The highest BCUT2D eigenvalue weighted by molar-refractivity contribution is 6.00. The molecule has 0 saturated carbocycles. The molecule has 2 nitrogen and oxygen atoms in total. The van der Waals surface area contributed by atoms with E-state index in [1.807, 2.05) is 0 Å². The molecule has 2 aromatic rings. The molecule has 1 aromatic carbocycles. The summed E-state index contributed by atoms with van der Waals surface area (Å²) in [6.07, 6.45) is 3.00. The molecule has 0 aliphatic rings. The van der Waals surface area contributed by atoms with E-state index < -0.39 is 34.7 Å². The number of pyridine rings is 1. The van der Waals surface area contributed by atoms with Crippen LogP contribution in [0.15, 0.2) is 36.7 Å². The van der Waals surface area contributed by atoms with Crippen LogP contribution in [0.2, 0.25) is 0 Å². The molecule has 1 atom stereocenters. The first-order chi connectivity index (χ1) is 9.02. The number of halogens is 3. The Bertz CT molecular complexity index is 614. The maximum Gasteiger partial charge on any atom is 0.195 e. The van der Waals surface area contributed by atoms with Crippen LogP contribution in [-0.2, 0) is 0 Å². The highest BCUT2D eigenvalue weighted by Gasteiger charge is 2.23. The lowest BCUT2D eigenvalue weighted by Gasteiger charge is -2.11. The first kappa shape index (κ1) is 13.3. The van der Waals surface area contributed by atoms with Crippen molar-refractivity contribution in [2.75, 3.05) is 0 Å². The summed E-state index contributed by atoms with van der Waals surface area (Å²) in [4.78, 5) is 15.9. The molecule has 0 amide bonds. The van der Waals surface area contributed by atoms with Crippen LogP contribution >= 0.6 is 0 Å². The minimum Gasteiger partial charge on any atom is -0.293 e. The van der Waals surface area contributed by atoms with Gasteiger partial charge in [-0.25, -0.2) is 13.2 Å². The molecule has 0 bridgehead atoms. The molecular formula is C14H10F3NO. The third-order valence-corrected chi connectivity index (χ3v) is 2.90.